The van der Waals surface area contributed by atoms with Crippen LogP contribution in [0.4, 0.5) is 0 Å². The van der Waals surface area contributed by atoms with E-state index >= 15 is 0 Å². The van der Waals surface area contributed by atoms with Crippen molar-refractivity contribution in [2.75, 3.05) is 0 Å². The Morgan fingerprint density at radius 2 is 2.29 bits per heavy atom. The first kappa shape index (κ1) is 10.5. The molecule has 0 aliphatic carbocycles. The summed E-state index contributed by atoms with van der Waals surface area (Å²) in [5.74, 6) is 0. The molecule has 0 atom stereocenters. The molecule has 1 heteroatoms. The summed E-state index contributed by atoms with van der Waals surface area (Å²) < 4.78 is 0. The van der Waals surface area contributed by atoms with E-state index < -0.39 is 0 Å². The van der Waals surface area contributed by atoms with Crippen LogP contribution in [-0.2, 0) is 0 Å². The standard InChI is InChI=1S/C13H15N/c1-11-5-3-7-13(9-11)10-12(2)6-4-8-14/h3,5,7,9-10H,4,6H2,1-2H3/b12-10+. The van der Waals surface area contributed by atoms with Crippen LogP contribution in [-0.4, -0.2) is 0 Å². The van der Waals surface area contributed by atoms with Crippen molar-refractivity contribution in [3.8, 4) is 6.07 Å². The number of hydrogen-bond acceptors (Lipinski definition) is 1. The third kappa shape index (κ3) is 3.45. The quantitative estimate of drug-likeness (QED) is 0.704. The number of nitrogens with zero attached hydrogens (tertiary/aromatic N) is 1. The third-order valence-corrected chi connectivity index (χ3v) is 2.09. The SMILES string of the molecule is C/C(=C\c1cccc(C)c1)CCC#N. The van der Waals surface area contributed by atoms with Crippen molar-refractivity contribution < 1.29 is 0 Å². The van der Waals surface area contributed by atoms with Gasteiger partial charge in [-0.3, -0.25) is 0 Å². The van der Waals surface area contributed by atoms with Crippen LogP contribution in [0.25, 0.3) is 6.08 Å². The van der Waals surface area contributed by atoms with Gasteiger partial charge in [-0.2, -0.15) is 5.26 Å². The molecule has 0 radical (unpaired) electrons. The Morgan fingerprint density at radius 1 is 1.50 bits per heavy atom. The van der Waals surface area contributed by atoms with Gasteiger partial charge < -0.3 is 0 Å². The first-order valence-electron chi connectivity index (χ1n) is 4.83. The summed E-state index contributed by atoms with van der Waals surface area (Å²) in [6.45, 7) is 4.15. The maximum atomic E-state index is 8.45. The molecule has 72 valence electrons. The smallest absolute Gasteiger partial charge is 0.0625 e. The van der Waals surface area contributed by atoms with Crippen LogP contribution >= 0.6 is 0 Å². The lowest BCUT2D eigenvalue weighted by molar-refractivity contribution is 0.996. The van der Waals surface area contributed by atoms with Gasteiger partial charge in [0.05, 0.1) is 6.07 Å². The van der Waals surface area contributed by atoms with E-state index in [1.165, 1.54) is 16.7 Å². The van der Waals surface area contributed by atoms with Gasteiger partial charge >= 0.3 is 0 Å². The predicted molar refractivity (Wildman–Crippen MR) is 59.7 cm³/mol. The van der Waals surface area contributed by atoms with E-state index in [0.717, 1.165) is 6.42 Å². The largest absolute Gasteiger partial charge is 0.198 e. The highest BCUT2D eigenvalue weighted by molar-refractivity contribution is 5.53. The van der Waals surface area contributed by atoms with Crippen LogP contribution in [0.5, 0.6) is 0 Å². The van der Waals surface area contributed by atoms with Crippen molar-refractivity contribution in [1.29, 1.82) is 5.26 Å². The van der Waals surface area contributed by atoms with Crippen molar-refractivity contribution in [3.63, 3.8) is 0 Å². The minimum atomic E-state index is 0.605. The second kappa shape index (κ2) is 5.24. The highest BCUT2D eigenvalue weighted by Crippen LogP contribution is 2.12. The Morgan fingerprint density at radius 3 is 2.93 bits per heavy atom. The van der Waals surface area contributed by atoms with Crippen molar-refractivity contribution in [2.24, 2.45) is 0 Å². The zero-order chi connectivity index (χ0) is 10.4. The molecule has 0 bridgehead atoms. The molecule has 1 nitrogen and oxygen atoms in total. The summed E-state index contributed by atoms with van der Waals surface area (Å²) in [7, 11) is 0. The molecular weight excluding hydrogens is 170 g/mol. The molecular formula is C13H15N. The molecule has 1 aromatic carbocycles. The summed E-state index contributed by atoms with van der Waals surface area (Å²) in [4.78, 5) is 0. The first-order chi connectivity index (χ1) is 6.72. The number of rotatable bonds is 3. The van der Waals surface area contributed by atoms with E-state index in [-0.39, 0.29) is 0 Å². The van der Waals surface area contributed by atoms with E-state index in [4.69, 9.17) is 5.26 Å². The highest BCUT2D eigenvalue weighted by Gasteiger charge is 1.92. The highest BCUT2D eigenvalue weighted by atomic mass is 14.2. The number of nitriles is 1. The maximum absolute atomic E-state index is 8.45. The van der Waals surface area contributed by atoms with E-state index in [0.29, 0.717) is 6.42 Å². The molecule has 0 unspecified atom stereocenters. The summed E-state index contributed by atoms with van der Waals surface area (Å²) in [5.41, 5.74) is 3.75. The topological polar surface area (TPSA) is 23.8 Å². The van der Waals surface area contributed by atoms with Crippen LogP contribution in [0.1, 0.15) is 30.9 Å². The average molecular weight is 185 g/mol. The number of benzene rings is 1. The zero-order valence-electron chi connectivity index (χ0n) is 8.75. The van der Waals surface area contributed by atoms with Crippen molar-refractivity contribution in [1.82, 2.24) is 0 Å². The molecule has 0 amide bonds. The Labute approximate surface area is 85.7 Å². The Kier molecular flexibility index (Phi) is 3.94. The molecule has 0 aliphatic heterocycles. The van der Waals surface area contributed by atoms with Crippen LogP contribution in [0.2, 0.25) is 0 Å². The van der Waals surface area contributed by atoms with E-state index in [1.54, 1.807) is 0 Å². The first-order valence-corrected chi connectivity index (χ1v) is 4.83. The second-order valence-electron chi connectivity index (χ2n) is 3.56. The summed E-state index contributed by atoms with van der Waals surface area (Å²) >= 11 is 0. The van der Waals surface area contributed by atoms with Crippen LogP contribution in [0.15, 0.2) is 29.8 Å². The Hall–Kier alpha value is -1.55. The fraction of sp³-hybridized carbons (Fsp3) is 0.308. The molecule has 0 aliphatic rings. The fourth-order valence-corrected chi connectivity index (χ4v) is 1.37. The summed E-state index contributed by atoms with van der Waals surface area (Å²) in [6.07, 6.45) is 3.61. The molecule has 1 rings (SSSR count). The van der Waals surface area contributed by atoms with Crippen LogP contribution < -0.4 is 0 Å². The minimum absolute atomic E-state index is 0.605. The van der Waals surface area contributed by atoms with Crippen molar-refractivity contribution >= 4 is 6.08 Å². The molecule has 0 fully saturated rings. The molecule has 0 spiro atoms. The van der Waals surface area contributed by atoms with E-state index in [9.17, 15) is 0 Å². The summed E-state index contributed by atoms with van der Waals surface area (Å²) in [5, 5.41) is 8.45. The molecule has 0 saturated heterocycles. The van der Waals surface area contributed by atoms with E-state index in [2.05, 4.69) is 50.3 Å². The molecule has 0 heterocycles. The normalized spacial score (nSPS) is 11.1. The lowest BCUT2D eigenvalue weighted by Gasteiger charge is -1.99. The monoisotopic (exact) mass is 185 g/mol. The van der Waals surface area contributed by atoms with Crippen molar-refractivity contribution in [2.45, 2.75) is 26.7 Å². The Balaban J connectivity index is 2.72. The Bertz CT molecular complexity index is 369. The second-order valence-corrected chi connectivity index (χ2v) is 3.56. The van der Waals surface area contributed by atoms with Gasteiger partial charge in [0.25, 0.3) is 0 Å². The van der Waals surface area contributed by atoms with Gasteiger partial charge in [0.2, 0.25) is 0 Å². The van der Waals surface area contributed by atoms with Gasteiger partial charge in [-0.05, 0) is 25.8 Å². The van der Waals surface area contributed by atoms with Gasteiger partial charge in [0.1, 0.15) is 0 Å². The maximum Gasteiger partial charge on any atom is 0.0625 e. The molecule has 0 N–H and O–H groups in total. The molecule has 14 heavy (non-hydrogen) atoms. The third-order valence-electron chi connectivity index (χ3n) is 2.09. The number of allylic oxidation sites excluding steroid dienone is 1. The van der Waals surface area contributed by atoms with E-state index in [1.807, 2.05) is 0 Å². The van der Waals surface area contributed by atoms with Crippen LogP contribution in [0.3, 0.4) is 0 Å². The summed E-state index contributed by atoms with van der Waals surface area (Å²) in [6, 6.07) is 10.5. The number of hydrogen-bond donors (Lipinski definition) is 0. The predicted octanol–water partition coefficient (Wildman–Crippen LogP) is 3.70. The minimum Gasteiger partial charge on any atom is -0.198 e. The van der Waals surface area contributed by atoms with Crippen molar-refractivity contribution in [3.05, 3.63) is 41.0 Å². The van der Waals surface area contributed by atoms with Gasteiger partial charge in [0.15, 0.2) is 0 Å². The molecule has 0 saturated carbocycles. The molecule has 0 aromatic heterocycles. The number of aryl methyl sites for hydroxylation is 1. The van der Waals surface area contributed by atoms with Gasteiger partial charge in [-0.25, -0.2) is 0 Å². The zero-order valence-corrected chi connectivity index (χ0v) is 8.75. The van der Waals surface area contributed by atoms with Gasteiger partial charge in [-0.1, -0.05) is 41.5 Å². The van der Waals surface area contributed by atoms with Gasteiger partial charge in [-0.15, -0.1) is 0 Å². The fourth-order valence-electron chi connectivity index (χ4n) is 1.37. The van der Waals surface area contributed by atoms with Gasteiger partial charge in [0, 0.05) is 6.42 Å². The lowest BCUT2D eigenvalue weighted by Crippen LogP contribution is -1.79. The van der Waals surface area contributed by atoms with Crippen LogP contribution in [0, 0.1) is 18.3 Å². The average Bonchev–Trinajstić information content (AvgIpc) is 2.15. The molecule has 1 aromatic rings. The lowest BCUT2D eigenvalue weighted by atomic mass is 10.1.